The number of rotatable bonds is 5. The number of methoxy groups -OCH3 is 3. The van der Waals surface area contributed by atoms with Crippen molar-refractivity contribution in [2.45, 2.75) is 31.5 Å². The predicted octanol–water partition coefficient (Wildman–Crippen LogP) is -0.0492. The molecule has 6 nitrogen and oxygen atoms in total. The van der Waals surface area contributed by atoms with E-state index in [1.807, 2.05) is 0 Å². The highest BCUT2D eigenvalue weighted by molar-refractivity contribution is 5.66. The van der Waals surface area contributed by atoms with Gasteiger partial charge in [-0.15, -0.1) is 0 Å². The lowest BCUT2D eigenvalue weighted by atomic mass is 10.1. The van der Waals surface area contributed by atoms with Gasteiger partial charge in [-0.1, -0.05) is 0 Å². The molecule has 1 unspecified atom stereocenters. The van der Waals surface area contributed by atoms with Crippen LogP contribution in [0.25, 0.3) is 0 Å². The molecular formula is C10H18O6. The molecule has 0 aromatic heterocycles. The molecule has 1 saturated heterocycles. The summed E-state index contributed by atoms with van der Waals surface area (Å²) in [4.78, 5) is 10.9. The minimum atomic E-state index is -0.743. The molecule has 0 aliphatic carbocycles. The van der Waals surface area contributed by atoms with Crippen molar-refractivity contribution in [3.63, 3.8) is 0 Å². The Balaban J connectivity index is 2.69. The highest BCUT2D eigenvalue weighted by Crippen LogP contribution is 2.26. The van der Waals surface area contributed by atoms with Crippen molar-refractivity contribution in [2.75, 3.05) is 27.9 Å². The van der Waals surface area contributed by atoms with Crippen LogP contribution in [0.1, 0.15) is 6.92 Å². The van der Waals surface area contributed by atoms with E-state index < -0.39 is 18.4 Å². The van der Waals surface area contributed by atoms with E-state index in [9.17, 15) is 4.79 Å². The van der Waals surface area contributed by atoms with E-state index in [2.05, 4.69) is 0 Å². The third-order valence-corrected chi connectivity index (χ3v) is 2.42. The number of esters is 1. The number of carbonyl (C=O) groups excluding carboxylic acids is 1. The maximum atomic E-state index is 10.9. The Labute approximate surface area is 94.7 Å². The van der Waals surface area contributed by atoms with Crippen LogP contribution < -0.4 is 0 Å². The Hall–Kier alpha value is -0.690. The molecule has 0 N–H and O–H groups in total. The zero-order valence-corrected chi connectivity index (χ0v) is 9.97. The van der Waals surface area contributed by atoms with E-state index in [1.54, 1.807) is 14.2 Å². The molecular weight excluding hydrogens is 216 g/mol. The first kappa shape index (κ1) is 13.4. The van der Waals surface area contributed by atoms with Crippen LogP contribution in [-0.2, 0) is 28.5 Å². The summed E-state index contributed by atoms with van der Waals surface area (Å²) in [5, 5.41) is 0. The number of ether oxygens (including phenoxy) is 5. The summed E-state index contributed by atoms with van der Waals surface area (Å²) in [6, 6.07) is 0. The standard InChI is InChI=1S/C10H18O6/c1-6(11)15-10-9(14-4)8(13-3)7(16-10)5-12-2/h7-10H,5H2,1-4H3/t7-,8?,9+,10-/m1/s1. The topological polar surface area (TPSA) is 63.2 Å². The van der Waals surface area contributed by atoms with E-state index in [1.165, 1.54) is 14.0 Å². The first-order valence-corrected chi connectivity index (χ1v) is 5.01. The fraction of sp³-hybridized carbons (Fsp3) is 0.900. The zero-order valence-electron chi connectivity index (χ0n) is 9.97. The monoisotopic (exact) mass is 234 g/mol. The molecule has 0 amide bonds. The second-order valence-corrected chi connectivity index (χ2v) is 3.51. The van der Waals surface area contributed by atoms with Crippen LogP contribution >= 0.6 is 0 Å². The van der Waals surface area contributed by atoms with Crippen LogP contribution in [0, 0.1) is 0 Å². The summed E-state index contributed by atoms with van der Waals surface area (Å²) in [5.74, 6) is -0.417. The molecule has 0 spiro atoms. The molecule has 1 aliphatic heterocycles. The fourth-order valence-corrected chi connectivity index (χ4v) is 1.78. The van der Waals surface area contributed by atoms with E-state index in [-0.39, 0.29) is 12.2 Å². The average molecular weight is 234 g/mol. The first-order chi connectivity index (χ1) is 7.63. The average Bonchev–Trinajstić information content (AvgIpc) is 2.54. The largest absolute Gasteiger partial charge is 0.433 e. The van der Waals surface area contributed by atoms with Crippen molar-refractivity contribution < 1.29 is 28.5 Å². The molecule has 6 heteroatoms. The van der Waals surface area contributed by atoms with Gasteiger partial charge in [0.2, 0.25) is 6.29 Å². The molecule has 0 bridgehead atoms. The normalized spacial score (nSPS) is 34.0. The van der Waals surface area contributed by atoms with E-state index in [0.717, 1.165) is 0 Å². The van der Waals surface area contributed by atoms with Crippen molar-refractivity contribution >= 4 is 5.97 Å². The second kappa shape index (κ2) is 6.15. The summed E-state index contributed by atoms with van der Waals surface area (Å²) >= 11 is 0. The van der Waals surface area contributed by atoms with Crippen LogP contribution in [0.4, 0.5) is 0 Å². The van der Waals surface area contributed by atoms with Crippen molar-refractivity contribution in [2.24, 2.45) is 0 Å². The number of hydrogen-bond donors (Lipinski definition) is 0. The smallest absolute Gasteiger partial charge is 0.305 e. The molecule has 16 heavy (non-hydrogen) atoms. The summed E-state index contributed by atoms with van der Waals surface area (Å²) in [7, 11) is 4.64. The van der Waals surface area contributed by atoms with Crippen LogP contribution in [0.3, 0.4) is 0 Å². The summed E-state index contributed by atoms with van der Waals surface area (Å²) in [6.45, 7) is 1.68. The van der Waals surface area contributed by atoms with Gasteiger partial charge in [0.05, 0.1) is 6.61 Å². The Morgan fingerprint density at radius 2 is 1.81 bits per heavy atom. The highest BCUT2D eigenvalue weighted by Gasteiger charge is 2.47. The molecule has 94 valence electrons. The van der Waals surface area contributed by atoms with E-state index in [4.69, 9.17) is 23.7 Å². The first-order valence-electron chi connectivity index (χ1n) is 5.01. The van der Waals surface area contributed by atoms with Gasteiger partial charge in [0, 0.05) is 28.3 Å². The van der Waals surface area contributed by atoms with Crippen LogP contribution in [0.15, 0.2) is 0 Å². The minimum Gasteiger partial charge on any atom is -0.433 e. The van der Waals surface area contributed by atoms with E-state index in [0.29, 0.717) is 6.61 Å². The van der Waals surface area contributed by atoms with Gasteiger partial charge in [-0.3, -0.25) is 4.79 Å². The number of carbonyl (C=O) groups is 1. The molecule has 1 heterocycles. The van der Waals surface area contributed by atoms with Gasteiger partial charge < -0.3 is 23.7 Å². The van der Waals surface area contributed by atoms with Crippen LogP contribution in [-0.4, -0.2) is 58.5 Å². The lowest BCUT2D eigenvalue weighted by molar-refractivity contribution is -0.190. The predicted molar refractivity (Wildman–Crippen MR) is 53.9 cm³/mol. The molecule has 0 aromatic rings. The maximum Gasteiger partial charge on any atom is 0.305 e. The molecule has 1 fully saturated rings. The van der Waals surface area contributed by atoms with Gasteiger partial charge in [0.25, 0.3) is 0 Å². The molecule has 1 aliphatic rings. The Bertz CT molecular complexity index is 231. The quantitative estimate of drug-likeness (QED) is 0.621. The Morgan fingerprint density at radius 1 is 1.19 bits per heavy atom. The lowest BCUT2D eigenvalue weighted by Gasteiger charge is -2.20. The second-order valence-electron chi connectivity index (χ2n) is 3.51. The third kappa shape index (κ3) is 2.91. The third-order valence-electron chi connectivity index (χ3n) is 2.42. The summed E-state index contributed by atoms with van der Waals surface area (Å²) < 4.78 is 26.0. The molecule has 4 atom stereocenters. The van der Waals surface area contributed by atoms with E-state index >= 15 is 0 Å². The van der Waals surface area contributed by atoms with Crippen molar-refractivity contribution in [3.8, 4) is 0 Å². The number of hydrogen-bond acceptors (Lipinski definition) is 6. The van der Waals surface area contributed by atoms with Gasteiger partial charge in [0.15, 0.2) is 0 Å². The van der Waals surface area contributed by atoms with Gasteiger partial charge in [0.1, 0.15) is 18.3 Å². The summed E-state index contributed by atoms with van der Waals surface area (Å²) in [6.07, 6.45) is -1.79. The van der Waals surface area contributed by atoms with Crippen LogP contribution in [0.5, 0.6) is 0 Å². The maximum absolute atomic E-state index is 10.9. The lowest BCUT2D eigenvalue weighted by Crippen LogP contribution is -2.38. The van der Waals surface area contributed by atoms with Crippen molar-refractivity contribution in [1.29, 1.82) is 0 Å². The minimum absolute atomic E-state index is 0.302. The zero-order chi connectivity index (χ0) is 12.1. The van der Waals surface area contributed by atoms with Crippen molar-refractivity contribution in [1.82, 2.24) is 0 Å². The van der Waals surface area contributed by atoms with Crippen molar-refractivity contribution in [3.05, 3.63) is 0 Å². The molecule has 0 saturated carbocycles. The Kier molecular flexibility index (Phi) is 5.14. The molecule has 0 aromatic carbocycles. The SMILES string of the molecule is COC[C@H]1O[C@@H](OC(C)=O)[C@@H](OC)C1OC. The van der Waals surface area contributed by atoms with Gasteiger partial charge in [-0.2, -0.15) is 0 Å². The summed E-state index contributed by atoms with van der Waals surface area (Å²) in [5.41, 5.74) is 0. The highest BCUT2D eigenvalue weighted by atomic mass is 16.7. The fourth-order valence-electron chi connectivity index (χ4n) is 1.78. The van der Waals surface area contributed by atoms with Gasteiger partial charge in [-0.05, 0) is 0 Å². The molecule has 0 radical (unpaired) electrons. The van der Waals surface area contributed by atoms with Gasteiger partial charge >= 0.3 is 5.97 Å². The van der Waals surface area contributed by atoms with Crippen LogP contribution in [0.2, 0.25) is 0 Å². The van der Waals surface area contributed by atoms with Gasteiger partial charge in [-0.25, -0.2) is 0 Å². The Morgan fingerprint density at radius 3 is 2.25 bits per heavy atom. The molecule has 1 rings (SSSR count).